The zero-order chi connectivity index (χ0) is 17.4. The summed E-state index contributed by atoms with van der Waals surface area (Å²) in [5, 5.41) is 0. The van der Waals surface area contributed by atoms with E-state index in [1.165, 1.54) is 23.1 Å². The Morgan fingerprint density at radius 2 is 1.88 bits per heavy atom. The molecular formula is C18H19FN2O3. The third kappa shape index (κ3) is 4.87. The lowest BCUT2D eigenvalue weighted by Crippen LogP contribution is -2.33. The minimum absolute atomic E-state index is 0.0181. The SMILES string of the molecule is CCOC(=O)CCN(Cc1ccncc1)C(=O)c1ccccc1F. The molecule has 0 radical (unpaired) electrons. The number of ether oxygens (including phenoxy) is 1. The van der Waals surface area contributed by atoms with E-state index in [1.54, 1.807) is 37.5 Å². The largest absolute Gasteiger partial charge is 0.466 e. The van der Waals surface area contributed by atoms with Gasteiger partial charge in [0.15, 0.2) is 0 Å². The summed E-state index contributed by atoms with van der Waals surface area (Å²) >= 11 is 0. The molecule has 24 heavy (non-hydrogen) atoms. The Balaban J connectivity index is 2.16. The predicted molar refractivity (Wildman–Crippen MR) is 86.6 cm³/mol. The summed E-state index contributed by atoms with van der Waals surface area (Å²) in [6.07, 6.45) is 3.29. The predicted octanol–water partition coefficient (Wildman–Crippen LogP) is 2.82. The van der Waals surface area contributed by atoms with E-state index in [-0.39, 0.29) is 31.7 Å². The maximum Gasteiger partial charge on any atom is 0.307 e. The Bertz CT molecular complexity index is 692. The van der Waals surface area contributed by atoms with Gasteiger partial charge in [-0.3, -0.25) is 14.6 Å². The highest BCUT2D eigenvalue weighted by atomic mass is 19.1. The average molecular weight is 330 g/mol. The Morgan fingerprint density at radius 1 is 1.17 bits per heavy atom. The molecular weight excluding hydrogens is 311 g/mol. The van der Waals surface area contributed by atoms with Crippen LogP contribution in [-0.4, -0.2) is 34.9 Å². The van der Waals surface area contributed by atoms with Crippen LogP contribution in [0.4, 0.5) is 4.39 Å². The van der Waals surface area contributed by atoms with Crippen molar-refractivity contribution >= 4 is 11.9 Å². The first-order chi connectivity index (χ1) is 11.6. The van der Waals surface area contributed by atoms with Crippen LogP contribution in [0.5, 0.6) is 0 Å². The van der Waals surface area contributed by atoms with Crippen LogP contribution in [0, 0.1) is 5.82 Å². The van der Waals surface area contributed by atoms with Gasteiger partial charge in [-0.15, -0.1) is 0 Å². The molecule has 126 valence electrons. The maximum absolute atomic E-state index is 13.9. The number of rotatable bonds is 7. The van der Waals surface area contributed by atoms with Crippen LogP contribution < -0.4 is 0 Å². The molecule has 1 heterocycles. The molecule has 2 aromatic rings. The average Bonchev–Trinajstić information content (AvgIpc) is 2.59. The molecule has 0 bridgehead atoms. The molecule has 6 heteroatoms. The number of hydrogen-bond donors (Lipinski definition) is 0. The molecule has 0 aliphatic rings. The summed E-state index contributed by atoms with van der Waals surface area (Å²) in [5.41, 5.74) is 0.828. The zero-order valence-electron chi connectivity index (χ0n) is 13.4. The van der Waals surface area contributed by atoms with Gasteiger partial charge in [-0.05, 0) is 36.8 Å². The lowest BCUT2D eigenvalue weighted by atomic mass is 10.1. The smallest absolute Gasteiger partial charge is 0.307 e. The Hall–Kier alpha value is -2.76. The van der Waals surface area contributed by atoms with Crippen LogP contribution in [0.1, 0.15) is 29.3 Å². The standard InChI is InChI=1S/C18H19FN2O3/c1-2-24-17(22)9-12-21(13-14-7-10-20-11-8-14)18(23)15-5-3-4-6-16(15)19/h3-8,10-11H,2,9,12-13H2,1H3. The van der Waals surface area contributed by atoms with Crippen LogP contribution in [0.2, 0.25) is 0 Å². The number of carbonyl (C=O) groups excluding carboxylic acids is 2. The number of halogens is 1. The van der Waals surface area contributed by atoms with Crippen molar-refractivity contribution in [3.63, 3.8) is 0 Å². The molecule has 5 nitrogen and oxygen atoms in total. The summed E-state index contributed by atoms with van der Waals surface area (Å²) in [4.78, 5) is 29.6. The molecule has 1 amide bonds. The van der Waals surface area contributed by atoms with E-state index in [0.717, 1.165) is 5.56 Å². The van der Waals surface area contributed by atoms with Crippen LogP contribution >= 0.6 is 0 Å². The van der Waals surface area contributed by atoms with Crippen LogP contribution in [0.25, 0.3) is 0 Å². The van der Waals surface area contributed by atoms with Gasteiger partial charge in [-0.1, -0.05) is 12.1 Å². The van der Waals surface area contributed by atoms with Gasteiger partial charge in [0.05, 0.1) is 18.6 Å². The minimum Gasteiger partial charge on any atom is -0.466 e. The summed E-state index contributed by atoms with van der Waals surface area (Å²) in [7, 11) is 0. The number of nitrogens with zero attached hydrogens (tertiary/aromatic N) is 2. The molecule has 0 saturated carbocycles. The van der Waals surface area contributed by atoms with E-state index < -0.39 is 17.7 Å². The molecule has 0 atom stereocenters. The Labute approximate surface area is 140 Å². The van der Waals surface area contributed by atoms with E-state index in [2.05, 4.69) is 4.98 Å². The van der Waals surface area contributed by atoms with Crippen molar-refractivity contribution in [2.24, 2.45) is 0 Å². The summed E-state index contributed by atoms with van der Waals surface area (Å²) in [6.45, 7) is 2.41. The first-order valence-corrected chi connectivity index (χ1v) is 7.70. The fourth-order valence-corrected chi connectivity index (χ4v) is 2.23. The van der Waals surface area contributed by atoms with Crippen LogP contribution in [0.15, 0.2) is 48.8 Å². The molecule has 0 N–H and O–H groups in total. The van der Waals surface area contributed by atoms with E-state index in [1.807, 2.05) is 0 Å². The highest BCUT2D eigenvalue weighted by Gasteiger charge is 2.20. The first-order valence-electron chi connectivity index (χ1n) is 7.70. The number of carbonyl (C=O) groups is 2. The molecule has 1 aromatic heterocycles. The van der Waals surface area contributed by atoms with Gasteiger partial charge in [0.2, 0.25) is 0 Å². The van der Waals surface area contributed by atoms with Gasteiger partial charge in [0, 0.05) is 25.5 Å². The van der Waals surface area contributed by atoms with E-state index in [9.17, 15) is 14.0 Å². The van der Waals surface area contributed by atoms with E-state index in [4.69, 9.17) is 4.74 Å². The first kappa shape index (κ1) is 17.6. The number of hydrogen-bond acceptors (Lipinski definition) is 4. The van der Waals surface area contributed by atoms with Gasteiger partial charge in [-0.25, -0.2) is 4.39 Å². The molecule has 0 unspecified atom stereocenters. The van der Waals surface area contributed by atoms with Crippen molar-refractivity contribution in [2.75, 3.05) is 13.2 Å². The number of aromatic nitrogens is 1. The highest BCUT2D eigenvalue weighted by Crippen LogP contribution is 2.13. The number of pyridine rings is 1. The van der Waals surface area contributed by atoms with Crippen molar-refractivity contribution in [2.45, 2.75) is 19.9 Å². The lowest BCUT2D eigenvalue weighted by molar-refractivity contribution is -0.143. The van der Waals surface area contributed by atoms with Crippen molar-refractivity contribution in [1.82, 2.24) is 9.88 Å². The van der Waals surface area contributed by atoms with Crippen molar-refractivity contribution in [3.05, 3.63) is 65.7 Å². The fraction of sp³-hybridized carbons (Fsp3) is 0.278. The minimum atomic E-state index is -0.585. The van der Waals surface area contributed by atoms with Gasteiger partial charge in [0.25, 0.3) is 5.91 Å². The second kappa shape index (κ2) is 8.76. The molecule has 2 rings (SSSR count). The summed E-state index contributed by atoms with van der Waals surface area (Å²) in [6, 6.07) is 9.34. The van der Waals surface area contributed by atoms with Crippen molar-refractivity contribution in [3.8, 4) is 0 Å². The second-order valence-electron chi connectivity index (χ2n) is 5.12. The van der Waals surface area contributed by atoms with Gasteiger partial charge in [0.1, 0.15) is 5.82 Å². The zero-order valence-corrected chi connectivity index (χ0v) is 13.4. The van der Waals surface area contributed by atoms with Crippen molar-refractivity contribution < 1.29 is 18.7 Å². The monoisotopic (exact) mass is 330 g/mol. The molecule has 0 fully saturated rings. The topological polar surface area (TPSA) is 59.5 Å². The van der Waals surface area contributed by atoms with Crippen LogP contribution in [0.3, 0.4) is 0 Å². The third-order valence-corrected chi connectivity index (χ3v) is 3.41. The Kier molecular flexibility index (Phi) is 6.42. The van der Waals surface area contributed by atoms with Gasteiger partial charge < -0.3 is 9.64 Å². The lowest BCUT2D eigenvalue weighted by Gasteiger charge is -2.23. The maximum atomic E-state index is 13.9. The molecule has 0 saturated heterocycles. The normalized spacial score (nSPS) is 10.2. The van der Waals surface area contributed by atoms with Crippen molar-refractivity contribution in [1.29, 1.82) is 0 Å². The van der Waals surface area contributed by atoms with E-state index in [0.29, 0.717) is 0 Å². The van der Waals surface area contributed by atoms with Gasteiger partial charge >= 0.3 is 5.97 Å². The summed E-state index contributed by atoms with van der Waals surface area (Å²) in [5.74, 6) is -1.44. The number of amides is 1. The third-order valence-electron chi connectivity index (χ3n) is 3.41. The molecule has 1 aromatic carbocycles. The second-order valence-corrected chi connectivity index (χ2v) is 5.12. The number of benzene rings is 1. The summed E-state index contributed by atoms with van der Waals surface area (Å²) < 4.78 is 18.8. The fourth-order valence-electron chi connectivity index (χ4n) is 2.23. The number of esters is 1. The molecule has 0 spiro atoms. The Morgan fingerprint density at radius 3 is 2.54 bits per heavy atom. The quantitative estimate of drug-likeness (QED) is 0.733. The van der Waals surface area contributed by atoms with E-state index >= 15 is 0 Å². The molecule has 0 aliphatic heterocycles. The van der Waals surface area contributed by atoms with Crippen LogP contribution in [-0.2, 0) is 16.1 Å². The highest BCUT2D eigenvalue weighted by molar-refractivity contribution is 5.94. The molecule has 0 aliphatic carbocycles. The van der Waals surface area contributed by atoms with Gasteiger partial charge in [-0.2, -0.15) is 0 Å².